The van der Waals surface area contributed by atoms with Crippen LogP contribution in [-0.2, 0) is 14.8 Å². The Morgan fingerprint density at radius 2 is 1.65 bits per heavy atom. The number of carbonyl (C=O) groups is 1. The molecule has 1 fully saturated rings. The lowest BCUT2D eigenvalue weighted by Crippen LogP contribution is -2.52. The molecule has 8 heteroatoms. The van der Waals surface area contributed by atoms with E-state index in [1.165, 1.54) is 4.31 Å². The van der Waals surface area contributed by atoms with Crippen LogP contribution in [-0.4, -0.2) is 56.3 Å². The van der Waals surface area contributed by atoms with Crippen LogP contribution in [0.2, 0.25) is 0 Å². The quantitative estimate of drug-likeness (QED) is 0.787. The monoisotopic (exact) mass is 403 g/mol. The van der Waals surface area contributed by atoms with E-state index in [2.05, 4.69) is 13.8 Å². The number of carbonyl (C=O) groups excluding carboxylic acids is 1. The molecule has 1 saturated heterocycles. The molecule has 0 saturated carbocycles. The largest absolute Gasteiger partial charge is 0.340 e. The number of hydrogen-bond donors (Lipinski definition) is 1. The zero-order valence-electron chi connectivity index (χ0n) is 15.7. The number of hydrogen-bond acceptors (Lipinski definition) is 4. The molecule has 1 heterocycles. The van der Waals surface area contributed by atoms with Gasteiger partial charge in [-0.1, -0.05) is 32.9 Å². The average Bonchev–Trinajstić information content (AvgIpc) is 2.66. The molecule has 1 aromatic rings. The Balaban J connectivity index is 0.00000338. The second-order valence-electron chi connectivity index (χ2n) is 6.74. The van der Waals surface area contributed by atoms with Crippen LogP contribution in [0.3, 0.4) is 0 Å². The summed E-state index contributed by atoms with van der Waals surface area (Å²) in [7, 11) is -3.52. The van der Waals surface area contributed by atoms with Crippen LogP contribution in [0.5, 0.6) is 0 Å². The Morgan fingerprint density at radius 3 is 2.12 bits per heavy atom. The van der Waals surface area contributed by atoms with Gasteiger partial charge in [-0.3, -0.25) is 4.79 Å². The minimum Gasteiger partial charge on any atom is -0.340 e. The molecule has 2 N–H and O–H groups in total. The highest BCUT2D eigenvalue weighted by molar-refractivity contribution is 7.89. The van der Waals surface area contributed by atoms with Gasteiger partial charge < -0.3 is 10.6 Å². The first-order valence-electron chi connectivity index (χ1n) is 8.90. The first-order valence-corrected chi connectivity index (χ1v) is 10.3. The molecular weight excluding hydrogens is 374 g/mol. The van der Waals surface area contributed by atoms with Gasteiger partial charge in [0, 0.05) is 38.6 Å². The fraction of sp³-hybridized carbons (Fsp3) is 0.611. The molecule has 1 aliphatic heterocycles. The van der Waals surface area contributed by atoms with E-state index in [0.29, 0.717) is 43.5 Å². The van der Waals surface area contributed by atoms with Crippen molar-refractivity contribution in [3.8, 4) is 0 Å². The third-order valence-corrected chi connectivity index (χ3v) is 6.94. The first kappa shape index (κ1) is 22.9. The number of rotatable bonds is 6. The van der Waals surface area contributed by atoms with Crippen molar-refractivity contribution < 1.29 is 13.2 Å². The Hall–Kier alpha value is -1.15. The van der Waals surface area contributed by atoms with Crippen LogP contribution >= 0.6 is 12.4 Å². The predicted molar refractivity (Wildman–Crippen MR) is 106 cm³/mol. The maximum absolute atomic E-state index is 12.8. The first-order chi connectivity index (χ1) is 11.8. The van der Waals surface area contributed by atoms with Gasteiger partial charge in [0.25, 0.3) is 0 Å². The molecule has 6 nitrogen and oxygen atoms in total. The summed E-state index contributed by atoms with van der Waals surface area (Å²) in [4.78, 5) is 14.2. The summed E-state index contributed by atoms with van der Waals surface area (Å²) < 4.78 is 27.1. The molecule has 0 spiro atoms. The smallest absolute Gasteiger partial charge is 0.243 e. The maximum Gasteiger partial charge on any atom is 0.243 e. The van der Waals surface area contributed by atoms with E-state index < -0.39 is 10.0 Å². The van der Waals surface area contributed by atoms with Gasteiger partial charge in [-0.25, -0.2) is 8.42 Å². The maximum atomic E-state index is 12.8. The second-order valence-corrected chi connectivity index (χ2v) is 8.68. The van der Waals surface area contributed by atoms with Crippen LogP contribution in [0, 0.1) is 5.92 Å². The minimum absolute atomic E-state index is 0. The van der Waals surface area contributed by atoms with Gasteiger partial charge in [-0.15, -0.1) is 12.4 Å². The molecule has 0 aliphatic carbocycles. The van der Waals surface area contributed by atoms with Crippen molar-refractivity contribution in [2.24, 2.45) is 11.7 Å². The number of sulfonamides is 1. The Kier molecular flexibility index (Phi) is 8.53. The van der Waals surface area contributed by atoms with E-state index in [1.807, 2.05) is 12.1 Å². The minimum atomic E-state index is -3.52. The number of halogens is 1. The summed E-state index contributed by atoms with van der Waals surface area (Å²) in [5, 5.41) is 0. The van der Waals surface area contributed by atoms with E-state index >= 15 is 0 Å². The van der Waals surface area contributed by atoms with Crippen molar-refractivity contribution in [2.45, 2.75) is 38.0 Å². The van der Waals surface area contributed by atoms with Crippen LogP contribution < -0.4 is 5.73 Å². The molecule has 1 aromatic carbocycles. The number of benzene rings is 1. The highest BCUT2D eigenvalue weighted by Crippen LogP contribution is 2.23. The lowest BCUT2D eigenvalue weighted by molar-refractivity contribution is -0.135. The molecular formula is C18H30ClN3O3S. The van der Waals surface area contributed by atoms with Gasteiger partial charge in [0.05, 0.1) is 4.90 Å². The fourth-order valence-electron chi connectivity index (χ4n) is 2.91. The highest BCUT2D eigenvalue weighted by Gasteiger charge is 2.31. The third-order valence-electron chi connectivity index (χ3n) is 5.02. The summed E-state index contributed by atoms with van der Waals surface area (Å²) in [5.41, 5.74) is 6.69. The zero-order chi connectivity index (χ0) is 18.6. The van der Waals surface area contributed by atoms with Crippen molar-refractivity contribution in [2.75, 3.05) is 32.7 Å². The van der Waals surface area contributed by atoms with Crippen LogP contribution in [0.15, 0.2) is 29.2 Å². The highest BCUT2D eigenvalue weighted by atomic mass is 35.5. The zero-order valence-corrected chi connectivity index (χ0v) is 17.4. The molecule has 1 amide bonds. The SMILES string of the molecule is CCC(C)c1ccc(S(=O)(=O)N2CCN(C(=O)C(C)CN)CC2)cc1.Cl. The Labute approximate surface area is 163 Å². The molecule has 1 aliphatic rings. The lowest BCUT2D eigenvalue weighted by Gasteiger charge is -2.35. The third kappa shape index (κ3) is 4.97. The van der Waals surface area contributed by atoms with Gasteiger partial charge in [0.15, 0.2) is 0 Å². The number of nitrogens with zero attached hydrogens (tertiary/aromatic N) is 2. The average molecular weight is 404 g/mol. The van der Waals surface area contributed by atoms with Crippen molar-refractivity contribution in [1.29, 1.82) is 0 Å². The Morgan fingerprint density at radius 1 is 1.12 bits per heavy atom. The van der Waals surface area contributed by atoms with Crippen molar-refractivity contribution in [1.82, 2.24) is 9.21 Å². The molecule has 148 valence electrons. The molecule has 26 heavy (non-hydrogen) atoms. The van der Waals surface area contributed by atoms with Gasteiger partial charge in [0.2, 0.25) is 15.9 Å². The number of piperazine rings is 1. The van der Waals surface area contributed by atoms with Crippen LogP contribution in [0.4, 0.5) is 0 Å². The van der Waals surface area contributed by atoms with Crippen molar-refractivity contribution >= 4 is 28.3 Å². The van der Waals surface area contributed by atoms with E-state index in [-0.39, 0.29) is 24.2 Å². The second kappa shape index (κ2) is 9.69. The molecule has 2 unspecified atom stereocenters. The van der Waals surface area contributed by atoms with E-state index in [4.69, 9.17) is 5.73 Å². The molecule has 0 radical (unpaired) electrons. The van der Waals surface area contributed by atoms with E-state index in [0.717, 1.165) is 12.0 Å². The predicted octanol–water partition coefficient (Wildman–Crippen LogP) is 2.05. The molecule has 0 bridgehead atoms. The molecule has 2 rings (SSSR count). The lowest BCUT2D eigenvalue weighted by atomic mass is 9.99. The van der Waals surface area contributed by atoms with Crippen molar-refractivity contribution in [3.63, 3.8) is 0 Å². The summed E-state index contributed by atoms with van der Waals surface area (Å²) in [5.74, 6) is 0.185. The van der Waals surface area contributed by atoms with E-state index in [9.17, 15) is 13.2 Å². The molecule has 2 atom stereocenters. The Bertz CT molecular complexity index is 686. The van der Waals surface area contributed by atoms with E-state index in [1.54, 1.807) is 24.0 Å². The summed E-state index contributed by atoms with van der Waals surface area (Å²) >= 11 is 0. The van der Waals surface area contributed by atoms with Gasteiger partial charge in [0.1, 0.15) is 0 Å². The fourth-order valence-corrected chi connectivity index (χ4v) is 4.34. The summed E-state index contributed by atoms with van der Waals surface area (Å²) in [6, 6.07) is 7.16. The van der Waals surface area contributed by atoms with Crippen LogP contribution in [0.25, 0.3) is 0 Å². The normalized spacial score (nSPS) is 18.1. The summed E-state index contributed by atoms with van der Waals surface area (Å²) in [6.07, 6.45) is 1.02. The van der Waals surface area contributed by atoms with Gasteiger partial charge in [-0.05, 0) is 30.0 Å². The number of amides is 1. The molecule has 0 aromatic heterocycles. The van der Waals surface area contributed by atoms with Crippen LogP contribution in [0.1, 0.15) is 38.7 Å². The van der Waals surface area contributed by atoms with Gasteiger partial charge in [-0.2, -0.15) is 4.31 Å². The number of nitrogens with two attached hydrogens (primary N) is 1. The van der Waals surface area contributed by atoms with Gasteiger partial charge >= 0.3 is 0 Å². The topological polar surface area (TPSA) is 83.7 Å². The standard InChI is InChI=1S/C18H29N3O3S.ClH/c1-4-14(2)16-5-7-17(8-6-16)25(23,24)21-11-9-20(10-12-21)18(22)15(3)13-19;/h5-8,14-15H,4,9-13,19H2,1-3H3;1H. The summed E-state index contributed by atoms with van der Waals surface area (Å²) in [6.45, 7) is 7.80. The van der Waals surface area contributed by atoms with Crippen molar-refractivity contribution in [3.05, 3.63) is 29.8 Å².